The lowest BCUT2D eigenvalue weighted by atomic mass is 9.98. The van der Waals surface area contributed by atoms with Crippen LogP contribution < -0.4 is 16.6 Å². The number of carbonyl (C=O) groups excluding carboxylic acids is 3. The first-order valence-corrected chi connectivity index (χ1v) is 17.1. The molecule has 0 bridgehead atoms. The Kier molecular flexibility index (Phi) is 14.3. The number of aromatic nitrogens is 2. The molecule has 1 aliphatic heterocycles. The maximum Gasteiger partial charge on any atom is 0.262 e. The Morgan fingerprint density at radius 3 is 2.33 bits per heavy atom. The largest absolute Gasteiger partial charge is 0.372 e. The fourth-order valence-corrected chi connectivity index (χ4v) is 7.02. The number of rotatable bonds is 10. The molecule has 1 saturated heterocycles. The van der Waals surface area contributed by atoms with E-state index in [4.69, 9.17) is 9.78 Å². The maximum atomic E-state index is 14.3. The average Bonchev–Trinajstić information content (AvgIpc) is 3.57. The van der Waals surface area contributed by atoms with E-state index in [1.807, 2.05) is 99.3 Å². The number of carbonyl (C=O) groups is 3. The topological polar surface area (TPSA) is 127 Å². The number of benzene rings is 3. The first kappa shape index (κ1) is 36.3. The second-order valence-corrected chi connectivity index (χ2v) is 12.0. The third-order valence-electron chi connectivity index (χ3n) is 7.99. The molecule has 0 aliphatic carbocycles. The summed E-state index contributed by atoms with van der Waals surface area (Å²) in [6.45, 7) is 11.7. The molecule has 3 atom stereocenters. The number of primary amides is 1. The van der Waals surface area contributed by atoms with Crippen LogP contribution in [0.15, 0.2) is 76.7 Å². The molecule has 0 spiro atoms. The van der Waals surface area contributed by atoms with Crippen molar-refractivity contribution in [1.82, 2.24) is 19.8 Å². The average molecular weight is 646 g/mol. The van der Waals surface area contributed by atoms with Crippen molar-refractivity contribution in [2.75, 3.05) is 13.1 Å². The highest BCUT2D eigenvalue weighted by atomic mass is 32.2. The van der Waals surface area contributed by atoms with Crippen LogP contribution in [0.25, 0.3) is 21.7 Å². The molecule has 246 valence electrons. The molecule has 2 heterocycles. The zero-order valence-electron chi connectivity index (χ0n) is 27.6. The van der Waals surface area contributed by atoms with Crippen LogP contribution in [0.3, 0.4) is 0 Å². The molecule has 0 saturated carbocycles. The van der Waals surface area contributed by atoms with Gasteiger partial charge < -0.3 is 16.0 Å². The minimum atomic E-state index is -0.554. The van der Waals surface area contributed by atoms with Crippen molar-refractivity contribution in [3.05, 3.63) is 82.6 Å². The molecule has 0 radical (unpaired) electrons. The Morgan fingerprint density at radius 2 is 1.70 bits per heavy atom. The quantitative estimate of drug-likeness (QED) is 0.0933. The van der Waals surface area contributed by atoms with Crippen molar-refractivity contribution in [3.8, 4) is 0 Å². The lowest BCUT2D eigenvalue weighted by molar-refractivity contribution is -0.132. The third kappa shape index (κ3) is 8.75. The van der Waals surface area contributed by atoms with Gasteiger partial charge in [0.1, 0.15) is 5.25 Å². The van der Waals surface area contributed by atoms with Crippen molar-refractivity contribution < 1.29 is 14.4 Å². The lowest BCUT2D eigenvalue weighted by Crippen LogP contribution is -2.44. The molecule has 3 aromatic carbocycles. The van der Waals surface area contributed by atoms with E-state index in [-0.39, 0.29) is 35.7 Å². The van der Waals surface area contributed by atoms with Crippen molar-refractivity contribution >= 4 is 51.7 Å². The van der Waals surface area contributed by atoms with Crippen molar-refractivity contribution in [1.29, 1.82) is 0 Å². The Hall–Kier alpha value is -4.18. The highest BCUT2D eigenvalue weighted by molar-refractivity contribution is 8.00. The van der Waals surface area contributed by atoms with E-state index in [2.05, 4.69) is 18.0 Å². The van der Waals surface area contributed by atoms with Crippen LogP contribution >= 0.6 is 11.8 Å². The van der Waals surface area contributed by atoms with Crippen LogP contribution in [-0.4, -0.2) is 51.8 Å². The van der Waals surface area contributed by atoms with Crippen molar-refractivity contribution in [2.45, 2.75) is 83.3 Å². The smallest absolute Gasteiger partial charge is 0.262 e. The second kappa shape index (κ2) is 18.1. The minimum absolute atomic E-state index is 0.0194. The van der Waals surface area contributed by atoms with Crippen LogP contribution in [0, 0.1) is 5.92 Å². The van der Waals surface area contributed by atoms with Crippen LogP contribution in [-0.2, 0) is 20.9 Å². The summed E-state index contributed by atoms with van der Waals surface area (Å²) in [6.07, 6.45) is 3.41. The fraction of sp³-hybridized carbons (Fsp3) is 0.417. The van der Waals surface area contributed by atoms with Crippen LogP contribution in [0.4, 0.5) is 0 Å². The normalized spacial score (nSPS) is 15.2. The molecular weight excluding hydrogens is 598 g/mol. The number of hydrogen-bond acceptors (Lipinski definition) is 6. The highest BCUT2D eigenvalue weighted by Gasteiger charge is 2.37. The molecule has 9 nitrogen and oxygen atoms in total. The number of likely N-dealkylation sites (tertiary alicyclic amines) is 1. The molecule has 1 aromatic heterocycles. The summed E-state index contributed by atoms with van der Waals surface area (Å²) >= 11 is 1.35. The number of nitrogens with zero attached hydrogens (tertiary/aromatic N) is 3. The molecule has 10 heteroatoms. The van der Waals surface area contributed by atoms with Gasteiger partial charge in [0, 0.05) is 32.1 Å². The molecule has 46 heavy (non-hydrogen) atoms. The van der Waals surface area contributed by atoms with Gasteiger partial charge in [0.15, 0.2) is 5.16 Å². The Balaban J connectivity index is 0.00000109. The zero-order chi connectivity index (χ0) is 33.6. The fourth-order valence-electron chi connectivity index (χ4n) is 5.79. The summed E-state index contributed by atoms with van der Waals surface area (Å²) in [6, 6.07) is 21.6. The van der Waals surface area contributed by atoms with Gasteiger partial charge in [0.05, 0.1) is 10.9 Å². The predicted octanol–water partition coefficient (Wildman–Crippen LogP) is 6.07. The molecule has 5 rings (SSSR count). The monoisotopic (exact) mass is 645 g/mol. The number of fused-ring (bicyclic) bond motifs is 2. The van der Waals surface area contributed by atoms with Gasteiger partial charge in [-0.15, -0.1) is 0 Å². The van der Waals surface area contributed by atoms with Gasteiger partial charge in [-0.25, -0.2) is 4.98 Å². The van der Waals surface area contributed by atoms with E-state index in [0.717, 1.165) is 35.6 Å². The van der Waals surface area contributed by atoms with Gasteiger partial charge in [0.2, 0.25) is 18.2 Å². The van der Waals surface area contributed by atoms with Crippen LogP contribution in [0.2, 0.25) is 0 Å². The molecule has 3 amide bonds. The number of nitrogens with two attached hydrogens (primary N) is 1. The summed E-state index contributed by atoms with van der Waals surface area (Å²) in [5.74, 6) is 0.205. The van der Waals surface area contributed by atoms with Gasteiger partial charge in [-0.1, -0.05) is 94.1 Å². The molecule has 3 N–H and O–H groups in total. The van der Waals surface area contributed by atoms with E-state index < -0.39 is 5.25 Å². The summed E-state index contributed by atoms with van der Waals surface area (Å²) in [5.41, 5.74) is 5.59. The highest BCUT2D eigenvalue weighted by Crippen LogP contribution is 2.39. The van der Waals surface area contributed by atoms with Gasteiger partial charge >= 0.3 is 0 Å². The molecule has 1 aliphatic rings. The Bertz CT molecular complexity index is 1660. The van der Waals surface area contributed by atoms with E-state index >= 15 is 0 Å². The number of thioether (sulfide) groups is 1. The number of nitrogens with one attached hydrogen (secondary N) is 1. The Labute approximate surface area is 275 Å². The van der Waals surface area contributed by atoms with E-state index in [9.17, 15) is 14.4 Å². The van der Waals surface area contributed by atoms with E-state index in [1.165, 1.54) is 11.8 Å². The first-order valence-electron chi connectivity index (χ1n) is 16.2. The van der Waals surface area contributed by atoms with Crippen molar-refractivity contribution in [3.63, 3.8) is 0 Å². The maximum absolute atomic E-state index is 14.3. The van der Waals surface area contributed by atoms with Gasteiger partial charge in [-0.3, -0.25) is 23.7 Å². The van der Waals surface area contributed by atoms with Gasteiger partial charge in [-0.2, -0.15) is 0 Å². The van der Waals surface area contributed by atoms with E-state index in [1.54, 1.807) is 4.57 Å². The zero-order valence-corrected chi connectivity index (χ0v) is 28.4. The SMILES string of the molecule is CC.CCCC(=O)NC[C@H](C)C1CCCN1C(=O)C(Sc1nc2cc3ccccc3cc2c(=O)n1CC)c1ccccc1.NC=O. The molecule has 1 fully saturated rings. The van der Waals surface area contributed by atoms with Crippen LogP contribution in [0.1, 0.15) is 71.1 Å². The predicted molar refractivity (Wildman–Crippen MR) is 188 cm³/mol. The van der Waals surface area contributed by atoms with Crippen LogP contribution in [0.5, 0.6) is 0 Å². The minimum Gasteiger partial charge on any atom is -0.372 e. The molecule has 4 aromatic rings. The molecule has 2 unspecified atom stereocenters. The summed E-state index contributed by atoms with van der Waals surface area (Å²) in [4.78, 5) is 55.6. The third-order valence-corrected chi connectivity index (χ3v) is 9.22. The van der Waals surface area contributed by atoms with Gasteiger partial charge in [0.25, 0.3) is 5.56 Å². The summed E-state index contributed by atoms with van der Waals surface area (Å²) in [7, 11) is 0. The number of amides is 3. The Morgan fingerprint density at radius 1 is 1.07 bits per heavy atom. The standard InChI is InChI=1S/C33H38N4O3S.C2H6.CH3NO/c1-4-12-29(38)34-21-22(3)28-17-11-18-37(28)32(40)30(23-13-7-6-8-14-23)41-33-35-27-20-25-16-10-9-15-24(25)19-26(27)31(39)36(33)5-2;1-2;2-1-3/h6-10,13-16,19-20,22,28,30H,4-5,11-12,17-18,21H2,1-3H3,(H,34,38);1-2H3;1H,(H2,2,3)/t22-,28?,30?;;/m0../s1. The lowest BCUT2D eigenvalue weighted by Gasteiger charge is -2.32. The first-order chi connectivity index (χ1) is 22.3. The molecular formula is C36H47N5O4S. The summed E-state index contributed by atoms with van der Waals surface area (Å²) < 4.78 is 1.68. The van der Waals surface area contributed by atoms with Crippen molar-refractivity contribution in [2.24, 2.45) is 11.7 Å². The number of hydrogen-bond donors (Lipinski definition) is 2. The second-order valence-electron chi connectivity index (χ2n) is 11.0. The van der Waals surface area contributed by atoms with E-state index in [0.29, 0.717) is 42.1 Å². The van der Waals surface area contributed by atoms with Gasteiger partial charge in [-0.05, 0) is 60.6 Å². The summed E-state index contributed by atoms with van der Waals surface area (Å²) in [5, 5.41) is 5.63.